The fraction of sp³-hybridized carbons (Fsp3) is 0.111. The number of nitro benzene ring substituents is 1. The minimum Gasteiger partial charge on any atom is -0.295 e. The van der Waals surface area contributed by atoms with Crippen molar-refractivity contribution in [3.63, 3.8) is 0 Å². The van der Waals surface area contributed by atoms with Crippen LogP contribution in [0.25, 0.3) is 0 Å². The van der Waals surface area contributed by atoms with Crippen LogP contribution in [0.1, 0.15) is 28.4 Å². The van der Waals surface area contributed by atoms with Gasteiger partial charge in [-0.2, -0.15) is 4.98 Å². The average Bonchev–Trinajstić information content (AvgIpc) is 3.10. The first-order chi connectivity index (χ1) is 13.5. The zero-order valence-corrected chi connectivity index (χ0v) is 14.4. The lowest BCUT2D eigenvalue weighted by molar-refractivity contribution is -0.384. The van der Waals surface area contributed by atoms with E-state index in [0.717, 1.165) is 5.56 Å². The van der Waals surface area contributed by atoms with Crippen molar-refractivity contribution in [3.05, 3.63) is 75.8 Å². The van der Waals surface area contributed by atoms with Gasteiger partial charge in [-0.05, 0) is 11.6 Å². The standard InChI is InChI=1S/C18H14N6O4/c25-15-10-14(11-5-2-1-3-6-11)23-18(19-15)21-17(22-23)20-16(26)12-7-4-8-13(9-12)24(27)28/h1-9,14H,10H2,(H2,19,20,21,22,25,26)/t14-/m1/s1. The van der Waals surface area contributed by atoms with Gasteiger partial charge >= 0.3 is 0 Å². The van der Waals surface area contributed by atoms with Crippen molar-refractivity contribution in [2.24, 2.45) is 0 Å². The van der Waals surface area contributed by atoms with Crippen LogP contribution in [0.3, 0.4) is 0 Å². The number of anilines is 2. The van der Waals surface area contributed by atoms with Gasteiger partial charge in [-0.15, -0.1) is 5.10 Å². The summed E-state index contributed by atoms with van der Waals surface area (Å²) in [6.45, 7) is 0. The SMILES string of the molecule is O=C1C[C@H](c2ccccc2)n2nc(NC(=O)c3cccc([N+](=O)[O-])c3)nc2N1. The third-order valence-electron chi connectivity index (χ3n) is 4.29. The molecule has 0 unspecified atom stereocenters. The molecule has 0 spiro atoms. The molecule has 2 heterocycles. The Hall–Kier alpha value is -4.08. The largest absolute Gasteiger partial charge is 0.295 e. The normalized spacial score (nSPS) is 15.4. The molecular formula is C18H14N6O4. The molecular weight excluding hydrogens is 364 g/mol. The molecule has 2 N–H and O–H groups in total. The Balaban J connectivity index is 1.61. The van der Waals surface area contributed by atoms with E-state index in [0.29, 0.717) is 0 Å². The lowest BCUT2D eigenvalue weighted by Gasteiger charge is -2.23. The Kier molecular flexibility index (Phi) is 4.28. The summed E-state index contributed by atoms with van der Waals surface area (Å²) in [6, 6.07) is 14.4. The van der Waals surface area contributed by atoms with Crippen LogP contribution in [0.15, 0.2) is 54.6 Å². The maximum atomic E-state index is 12.4. The number of nitrogens with zero attached hydrogens (tertiary/aromatic N) is 4. The van der Waals surface area contributed by atoms with E-state index in [1.54, 1.807) is 4.68 Å². The highest BCUT2D eigenvalue weighted by Gasteiger charge is 2.29. The number of non-ortho nitro benzene ring substituents is 1. The Bertz CT molecular complexity index is 1080. The molecule has 2 aromatic carbocycles. The molecule has 1 aliphatic rings. The number of benzene rings is 2. The van der Waals surface area contributed by atoms with Crippen molar-refractivity contribution in [3.8, 4) is 0 Å². The van der Waals surface area contributed by atoms with Crippen LogP contribution < -0.4 is 10.6 Å². The minimum atomic E-state index is -0.589. The van der Waals surface area contributed by atoms with Gasteiger partial charge in [-0.3, -0.25) is 30.3 Å². The molecule has 1 aromatic heterocycles. The fourth-order valence-corrected chi connectivity index (χ4v) is 2.99. The summed E-state index contributed by atoms with van der Waals surface area (Å²) >= 11 is 0. The van der Waals surface area contributed by atoms with E-state index in [-0.39, 0.29) is 41.5 Å². The molecule has 140 valence electrons. The second-order valence-corrected chi connectivity index (χ2v) is 6.14. The van der Waals surface area contributed by atoms with Crippen molar-refractivity contribution in [2.45, 2.75) is 12.5 Å². The average molecular weight is 378 g/mol. The van der Waals surface area contributed by atoms with Gasteiger partial charge in [0.2, 0.25) is 11.9 Å². The fourth-order valence-electron chi connectivity index (χ4n) is 2.99. The van der Waals surface area contributed by atoms with E-state index >= 15 is 0 Å². The quantitative estimate of drug-likeness (QED) is 0.529. The van der Waals surface area contributed by atoms with Crippen LogP contribution in [-0.4, -0.2) is 31.5 Å². The van der Waals surface area contributed by atoms with Crippen LogP contribution in [-0.2, 0) is 4.79 Å². The lowest BCUT2D eigenvalue weighted by atomic mass is 10.0. The highest BCUT2D eigenvalue weighted by Crippen LogP contribution is 2.29. The lowest BCUT2D eigenvalue weighted by Crippen LogP contribution is -2.29. The highest BCUT2D eigenvalue weighted by atomic mass is 16.6. The third kappa shape index (κ3) is 3.30. The minimum absolute atomic E-state index is 0.00497. The number of aromatic nitrogens is 3. The number of amides is 2. The maximum Gasteiger partial charge on any atom is 0.270 e. The summed E-state index contributed by atoms with van der Waals surface area (Å²) in [6.07, 6.45) is 0.193. The second-order valence-electron chi connectivity index (χ2n) is 6.14. The smallest absolute Gasteiger partial charge is 0.270 e. The molecule has 4 rings (SSSR count). The second kappa shape index (κ2) is 6.91. The topological polar surface area (TPSA) is 132 Å². The molecule has 0 bridgehead atoms. The van der Waals surface area contributed by atoms with Gasteiger partial charge in [0.05, 0.1) is 17.4 Å². The van der Waals surface area contributed by atoms with Crippen LogP contribution in [0.5, 0.6) is 0 Å². The van der Waals surface area contributed by atoms with Gasteiger partial charge in [-0.1, -0.05) is 36.4 Å². The first kappa shape index (κ1) is 17.3. The molecule has 1 aliphatic heterocycles. The monoisotopic (exact) mass is 378 g/mol. The first-order valence-electron chi connectivity index (χ1n) is 8.38. The maximum absolute atomic E-state index is 12.4. The molecule has 0 aliphatic carbocycles. The number of nitrogens with one attached hydrogen (secondary N) is 2. The number of rotatable bonds is 4. The Morgan fingerprint density at radius 3 is 2.75 bits per heavy atom. The van der Waals surface area contributed by atoms with Crippen LogP contribution in [0, 0.1) is 10.1 Å². The van der Waals surface area contributed by atoms with E-state index in [1.807, 2.05) is 30.3 Å². The van der Waals surface area contributed by atoms with E-state index in [1.165, 1.54) is 24.3 Å². The van der Waals surface area contributed by atoms with E-state index < -0.39 is 10.8 Å². The Morgan fingerprint density at radius 1 is 1.21 bits per heavy atom. The van der Waals surface area contributed by atoms with Gasteiger partial charge in [0.15, 0.2) is 0 Å². The summed E-state index contributed by atoms with van der Waals surface area (Å²) in [5.74, 6) is -0.575. The molecule has 3 aromatic rings. The zero-order valence-electron chi connectivity index (χ0n) is 14.4. The molecule has 0 saturated carbocycles. The summed E-state index contributed by atoms with van der Waals surface area (Å²) in [5.41, 5.74) is 0.798. The predicted octanol–water partition coefficient (Wildman–Crippen LogP) is 2.37. The van der Waals surface area contributed by atoms with Gasteiger partial charge in [0.25, 0.3) is 17.5 Å². The number of hydrogen-bond acceptors (Lipinski definition) is 6. The Morgan fingerprint density at radius 2 is 2.00 bits per heavy atom. The van der Waals surface area contributed by atoms with Crippen molar-refractivity contribution in [1.29, 1.82) is 0 Å². The van der Waals surface area contributed by atoms with Gasteiger partial charge in [-0.25, -0.2) is 4.68 Å². The third-order valence-corrected chi connectivity index (χ3v) is 4.29. The summed E-state index contributed by atoms with van der Waals surface area (Å²) in [4.78, 5) is 38.9. The van der Waals surface area contributed by atoms with Gasteiger partial charge in [0.1, 0.15) is 0 Å². The number of carbonyl (C=O) groups is 2. The van der Waals surface area contributed by atoms with Crippen molar-refractivity contribution in [1.82, 2.24) is 14.8 Å². The van der Waals surface area contributed by atoms with Crippen LogP contribution >= 0.6 is 0 Å². The first-order valence-corrected chi connectivity index (χ1v) is 8.38. The Labute approximate surface area is 158 Å². The summed E-state index contributed by atoms with van der Waals surface area (Å²) < 4.78 is 1.54. The summed E-state index contributed by atoms with van der Waals surface area (Å²) in [7, 11) is 0. The molecule has 10 nitrogen and oxygen atoms in total. The number of hydrogen-bond donors (Lipinski definition) is 2. The van der Waals surface area contributed by atoms with Crippen LogP contribution in [0.4, 0.5) is 17.6 Å². The molecule has 10 heteroatoms. The number of fused-ring (bicyclic) bond motifs is 1. The van der Waals surface area contributed by atoms with Crippen LogP contribution in [0.2, 0.25) is 0 Å². The molecule has 0 radical (unpaired) electrons. The summed E-state index contributed by atoms with van der Waals surface area (Å²) in [5, 5.41) is 20.3. The molecule has 1 atom stereocenters. The van der Waals surface area contributed by atoms with Gasteiger partial charge < -0.3 is 0 Å². The van der Waals surface area contributed by atoms with Gasteiger partial charge in [0, 0.05) is 17.7 Å². The number of nitro groups is 1. The molecule has 2 amide bonds. The van der Waals surface area contributed by atoms with E-state index in [2.05, 4.69) is 20.7 Å². The van der Waals surface area contributed by atoms with E-state index in [4.69, 9.17) is 0 Å². The highest BCUT2D eigenvalue weighted by molar-refractivity contribution is 6.03. The molecule has 0 fully saturated rings. The van der Waals surface area contributed by atoms with Crippen molar-refractivity contribution >= 4 is 29.4 Å². The van der Waals surface area contributed by atoms with Crippen molar-refractivity contribution in [2.75, 3.05) is 10.6 Å². The molecule has 28 heavy (non-hydrogen) atoms. The molecule has 0 saturated heterocycles. The van der Waals surface area contributed by atoms with Crippen molar-refractivity contribution < 1.29 is 14.5 Å². The number of carbonyl (C=O) groups excluding carboxylic acids is 2. The zero-order chi connectivity index (χ0) is 19.7. The van der Waals surface area contributed by atoms with E-state index in [9.17, 15) is 19.7 Å². The predicted molar refractivity (Wildman–Crippen MR) is 98.9 cm³/mol.